The van der Waals surface area contributed by atoms with E-state index in [1.807, 2.05) is 25.7 Å². The molecule has 0 radical (unpaired) electrons. The van der Waals surface area contributed by atoms with E-state index in [4.69, 9.17) is 16.3 Å². The van der Waals surface area contributed by atoms with Crippen LogP contribution in [0.25, 0.3) is 0 Å². The first kappa shape index (κ1) is 11.8. The first-order valence-electron chi connectivity index (χ1n) is 5.00. The lowest BCUT2D eigenvalue weighted by molar-refractivity contribution is -0.157. The van der Waals surface area contributed by atoms with E-state index in [1.165, 1.54) is 0 Å². The molecule has 1 saturated heterocycles. The highest BCUT2D eigenvalue weighted by molar-refractivity contribution is 6.18. The third kappa shape index (κ3) is 2.85. The number of ether oxygens (including phenoxy) is 1. The van der Waals surface area contributed by atoms with Crippen molar-refractivity contribution in [2.24, 2.45) is 0 Å². The van der Waals surface area contributed by atoms with Crippen LogP contribution in [0.1, 0.15) is 27.2 Å². The summed E-state index contributed by atoms with van der Waals surface area (Å²) in [4.78, 5) is 13.4. The van der Waals surface area contributed by atoms with Crippen LogP contribution in [-0.4, -0.2) is 41.5 Å². The summed E-state index contributed by atoms with van der Waals surface area (Å²) >= 11 is 5.76. The fourth-order valence-electron chi connectivity index (χ4n) is 1.79. The van der Waals surface area contributed by atoms with Crippen molar-refractivity contribution in [2.45, 2.75) is 38.9 Å². The van der Waals surface area contributed by atoms with Gasteiger partial charge in [-0.3, -0.25) is 4.79 Å². The van der Waals surface area contributed by atoms with Gasteiger partial charge in [0.05, 0.1) is 17.6 Å². The average molecular weight is 220 g/mol. The Kier molecular flexibility index (Phi) is 3.78. The van der Waals surface area contributed by atoms with Crippen molar-refractivity contribution in [3.63, 3.8) is 0 Å². The van der Waals surface area contributed by atoms with Crippen molar-refractivity contribution < 1.29 is 9.53 Å². The van der Waals surface area contributed by atoms with E-state index in [2.05, 4.69) is 0 Å². The van der Waals surface area contributed by atoms with E-state index < -0.39 is 0 Å². The zero-order chi connectivity index (χ0) is 10.8. The SMILES string of the molecule is CCC(=O)N1CC(CCl)OC(C)(C)C1. The third-order valence-electron chi connectivity index (χ3n) is 2.31. The van der Waals surface area contributed by atoms with Crippen LogP contribution in [0.4, 0.5) is 0 Å². The molecule has 1 aliphatic heterocycles. The van der Waals surface area contributed by atoms with E-state index in [0.717, 1.165) is 0 Å². The highest BCUT2D eigenvalue weighted by atomic mass is 35.5. The molecule has 4 heteroatoms. The molecule has 1 amide bonds. The topological polar surface area (TPSA) is 29.5 Å². The second-order valence-corrected chi connectivity index (χ2v) is 4.59. The quantitative estimate of drug-likeness (QED) is 0.661. The second kappa shape index (κ2) is 4.49. The van der Waals surface area contributed by atoms with E-state index in [9.17, 15) is 4.79 Å². The third-order valence-corrected chi connectivity index (χ3v) is 2.65. The molecule has 0 N–H and O–H groups in total. The molecule has 0 spiro atoms. The monoisotopic (exact) mass is 219 g/mol. The number of morpholine rings is 1. The predicted molar refractivity (Wildman–Crippen MR) is 56.5 cm³/mol. The van der Waals surface area contributed by atoms with Crippen LogP contribution in [-0.2, 0) is 9.53 Å². The molecule has 1 rings (SSSR count). The van der Waals surface area contributed by atoms with Gasteiger partial charge >= 0.3 is 0 Å². The van der Waals surface area contributed by atoms with Gasteiger partial charge in [-0.25, -0.2) is 0 Å². The highest BCUT2D eigenvalue weighted by Crippen LogP contribution is 2.22. The zero-order valence-electron chi connectivity index (χ0n) is 9.05. The fourth-order valence-corrected chi connectivity index (χ4v) is 1.95. The highest BCUT2D eigenvalue weighted by Gasteiger charge is 2.34. The molecule has 1 fully saturated rings. The van der Waals surface area contributed by atoms with Gasteiger partial charge in [-0.05, 0) is 13.8 Å². The Labute approximate surface area is 90.4 Å². The van der Waals surface area contributed by atoms with Gasteiger partial charge in [-0.15, -0.1) is 11.6 Å². The van der Waals surface area contributed by atoms with Crippen LogP contribution >= 0.6 is 11.6 Å². The molecule has 0 aromatic heterocycles. The molecule has 82 valence electrons. The number of hydrogen-bond acceptors (Lipinski definition) is 2. The largest absolute Gasteiger partial charge is 0.367 e. The fraction of sp³-hybridized carbons (Fsp3) is 0.900. The number of carbonyl (C=O) groups excluding carboxylic acids is 1. The van der Waals surface area contributed by atoms with Crippen molar-refractivity contribution in [1.82, 2.24) is 4.90 Å². The number of carbonyl (C=O) groups is 1. The van der Waals surface area contributed by atoms with E-state index in [-0.39, 0.29) is 17.6 Å². The molecular formula is C10H18ClNO2. The van der Waals surface area contributed by atoms with E-state index in [0.29, 0.717) is 25.4 Å². The molecule has 0 aromatic carbocycles. The molecule has 1 heterocycles. The lowest BCUT2D eigenvalue weighted by atomic mass is 10.1. The van der Waals surface area contributed by atoms with Crippen molar-refractivity contribution in [2.75, 3.05) is 19.0 Å². The lowest BCUT2D eigenvalue weighted by Gasteiger charge is -2.42. The number of nitrogens with zero attached hydrogens (tertiary/aromatic N) is 1. The predicted octanol–water partition coefficient (Wildman–Crippen LogP) is 1.64. The Hall–Kier alpha value is -0.280. The van der Waals surface area contributed by atoms with Crippen LogP contribution in [0.3, 0.4) is 0 Å². The Morgan fingerprint density at radius 3 is 2.79 bits per heavy atom. The van der Waals surface area contributed by atoms with E-state index >= 15 is 0 Å². The van der Waals surface area contributed by atoms with Crippen molar-refractivity contribution in [1.29, 1.82) is 0 Å². The van der Waals surface area contributed by atoms with Crippen LogP contribution in [0.15, 0.2) is 0 Å². The number of hydrogen-bond donors (Lipinski definition) is 0. The molecule has 0 bridgehead atoms. The Morgan fingerprint density at radius 2 is 2.29 bits per heavy atom. The summed E-state index contributed by atoms with van der Waals surface area (Å²) in [6.45, 7) is 7.14. The van der Waals surface area contributed by atoms with Gasteiger partial charge in [-0.1, -0.05) is 6.92 Å². The Balaban J connectivity index is 2.65. The minimum atomic E-state index is -0.275. The maximum atomic E-state index is 11.5. The normalized spacial score (nSPS) is 26.3. The minimum absolute atomic E-state index is 0.0316. The van der Waals surface area contributed by atoms with Gasteiger partial charge in [0.25, 0.3) is 0 Å². The zero-order valence-corrected chi connectivity index (χ0v) is 9.80. The van der Waals surface area contributed by atoms with Gasteiger partial charge in [0.15, 0.2) is 0 Å². The molecular weight excluding hydrogens is 202 g/mol. The molecule has 1 unspecified atom stereocenters. The summed E-state index contributed by atoms with van der Waals surface area (Å²) < 4.78 is 5.72. The maximum absolute atomic E-state index is 11.5. The molecule has 0 saturated carbocycles. The molecule has 3 nitrogen and oxygen atoms in total. The van der Waals surface area contributed by atoms with Crippen molar-refractivity contribution in [3.8, 4) is 0 Å². The first-order valence-corrected chi connectivity index (χ1v) is 5.53. The maximum Gasteiger partial charge on any atom is 0.222 e. The Morgan fingerprint density at radius 1 is 1.64 bits per heavy atom. The first-order chi connectivity index (χ1) is 6.48. The summed E-state index contributed by atoms with van der Waals surface area (Å²) in [6.07, 6.45) is 0.515. The average Bonchev–Trinajstić information content (AvgIpc) is 2.14. The summed E-state index contributed by atoms with van der Waals surface area (Å²) in [5.41, 5.74) is -0.275. The smallest absolute Gasteiger partial charge is 0.222 e. The van der Waals surface area contributed by atoms with Gasteiger partial charge in [0.2, 0.25) is 5.91 Å². The van der Waals surface area contributed by atoms with Gasteiger partial charge < -0.3 is 9.64 Å². The number of halogens is 1. The second-order valence-electron chi connectivity index (χ2n) is 4.28. The Bertz CT molecular complexity index is 218. The summed E-state index contributed by atoms with van der Waals surface area (Å²) in [5, 5.41) is 0. The summed E-state index contributed by atoms with van der Waals surface area (Å²) in [6, 6.07) is 0. The number of alkyl halides is 1. The molecule has 0 aromatic rings. The molecule has 0 aliphatic carbocycles. The molecule has 1 atom stereocenters. The van der Waals surface area contributed by atoms with Gasteiger partial charge in [0, 0.05) is 19.5 Å². The van der Waals surface area contributed by atoms with Crippen LogP contribution in [0, 0.1) is 0 Å². The lowest BCUT2D eigenvalue weighted by Crippen LogP contribution is -2.55. The number of rotatable bonds is 2. The number of amides is 1. The van der Waals surface area contributed by atoms with Gasteiger partial charge in [-0.2, -0.15) is 0 Å². The van der Waals surface area contributed by atoms with Gasteiger partial charge in [0.1, 0.15) is 0 Å². The van der Waals surface area contributed by atoms with Crippen molar-refractivity contribution in [3.05, 3.63) is 0 Å². The van der Waals surface area contributed by atoms with Crippen LogP contribution < -0.4 is 0 Å². The standard InChI is InChI=1S/C10H18ClNO2/c1-4-9(13)12-6-8(5-11)14-10(2,3)7-12/h8H,4-7H2,1-3H3. The van der Waals surface area contributed by atoms with E-state index in [1.54, 1.807) is 0 Å². The summed E-state index contributed by atoms with van der Waals surface area (Å²) in [7, 11) is 0. The minimum Gasteiger partial charge on any atom is -0.367 e. The van der Waals surface area contributed by atoms with Crippen molar-refractivity contribution >= 4 is 17.5 Å². The van der Waals surface area contributed by atoms with Crippen LogP contribution in [0.5, 0.6) is 0 Å². The molecule has 14 heavy (non-hydrogen) atoms. The summed E-state index contributed by atoms with van der Waals surface area (Å²) in [5.74, 6) is 0.619. The molecule has 1 aliphatic rings. The van der Waals surface area contributed by atoms with Crippen LogP contribution in [0.2, 0.25) is 0 Å².